The Morgan fingerprint density at radius 1 is 0.844 bits per heavy atom. The topological polar surface area (TPSA) is 61.7 Å². The predicted octanol–water partition coefficient (Wildman–Crippen LogP) is 4.46. The van der Waals surface area contributed by atoms with Crippen molar-refractivity contribution in [2.24, 2.45) is 5.18 Å². The molecule has 0 N–H and O–H groups in total. The Balaban J connectivity index is 1.43. The van der Waals surface area contributed by atoms with Crippen LogP contribution < -0.4 is 0 Å². The number of nitroso groups, excluding NO2 is 1. The highest BCUT2D eigenvalue weighted by Gasteiger charge is 2.33. The van der Waals surface area contributed by atoms with Crippen LogP contribution >= 0.6 is 0 Å². The molecular formula is C26H27N5O. The molecule has 1 unspecified atom stereocenters. The van der Waals surface area contributed by atoms with Crippen molar-refractivity contribution in [2.75, 3.05) is 26.2 Å². The number of piperazine rings is 1. The van der Waals surface area contributed by atoms with Gasteiger partial charge in [-0.25, -0.2) is 0 Å². The molecule has 1 saturated heterocycles. The van der Waals surface area contributed by atoms with Gasteiger partial charge in [-0.1, -0.05) is 42.5 Å². The molecule has 2 aliphatic rings. The number of fused-ring (bicyclic) bond motifs is 1. The quantitative estimate of drug-likeness (QED) is 0.546. The fourth-order valence-electron chi connectivity index (χ4n) is 4.91. The summed E-state index contributed by atoms with van der Waals surface area (Å²) in [5.74, 6) is 0. The van der Waals surface area contributed by atoms with Gasteiger partial charge in [0.05, 0.1) is 17.4 Å². The minimum Gasteiger partial charge on any atom is -0.297 e. The van der Waals surface area contributed by atoms with Gasteiger partial charge in [0.25, 0.3) is 0 Å². The van der Waals surface area contributed by atoms with Crippen molar-refractivity contribution in [3.63, 3.8) is 0 Å². The van der Waals surface area contributed by atoms with E-state index in [-0.39, 0.29) is 6.04 Å². The fraction of sp³-hybridized carbons (Fsp3) is 0.308. The lowest BCUT2D eigenvalue weighted by molar-refractivity contribution is 0.101. The molecule has 6 nitrogen and oxygen atoms in total. The molecule has 6 heteroatoms. The number of hydrogen-bond acceptors (Lipinski definition) is 6. The molecule has 3 aromatic rings. The zero-order chi connectivity index (χ0) is 21.8. The Labute approximate surface area is 188 Å². The summed E-state index contributed by atoms with van der Waals surface area (Å²) in [4.78, 5) is 26.2. The molecule has 1 fully saturated rings. The summed E-state index contributed by atoms with van der Waals surface area (Å²) in [5, 5.41) is 3.48. The van der Waals surface area contributed by atoms with E-state index < -0.39 is 0 Å². The Hall–Kier alpha value is -3.22. The second-order valence-electron chi connectivity index (χ2n) is 8.43. The summed E-state index contributed by atoms with van der Waals surface area (Å²) < 4.78 is 0. The van der Waals surface area contributed by atoms with Gasteiger partial charge in [0.2, 0.25) is 0 Å². The SMILES string of the molecule is O=NC1=C(C(c2ccccn2)N2CCN(Cc3ccccc3)CC2)CCc2cccnc21. The summed E-state index contributed by atoms with van der Waals surface area (Å²) in [6, 6.07) is 20.5. The maximum absolute atomic E-state index is 12.0. The van der Waals surface area contributed by atoms with Gasteiger partial charge in [-0.2, -0.15) is 0 Å². The molecule has 0 amide bonds. The largest absolute Gasteiger partial charge is 0.297 e. The first-order valence-electron chi connectivity index (χ1n) is 11.3. The van der Waals surface area contributed by atoms with Crippen molar-refractivity contribution in [1.82, 2.24) is 19.8 Å². The average molecular weight is 426 g/mol. The molecule has 3 heterocycles. The van der Waals surface area contributed by atoms with E-state index >= 15 is 0 Å². The first-order valence-corrected chi connectivity index (χ1v) is 11.3. The van der Waals surface area contributed by atoms with E-state index in [1.54, 1.807) is 6.20 Å². The van der Waals surface area contributed by atoms with Crippen LogP contribution in [0, 0.1) is 4.91 Å². The van der Waals surface area contributed by atoms with E-state index in [1.807, 2.05) is 30.5 Å². The van der Waals surface area contributed by atoms with Gasteiger partial charge in [0.1, 0.15) is 5.70 Å². The standard InChI is InChI=1S/C26H27N5O/c32-29-25-22(12-11-21-9-6-14-28-24(21)25)26(23-10-4-5-13-27-23)31-17-15-30(16-18-31)19-20-7-2-1-3-8-20/h1-10,13-14,26H,11-12,15-19H2. The van der Waals surface area contributed by atoms with Crippen molar-refractivity contribution in [1.29, 1.82) is 0 Å². The molecule has 0 spiro atoms. The maximum Gasteiger partial charge on any atom is 0.135 e. The summed E-state index contributed by atoms with van der Waals surface area (Å²) >= 11 is 0. The number of rotatable bonds is 6. The predicted molar refractivity (Wildman–Crippen MR) is 126 cm³/mol. The lowest BCUT2D eigenvalue weighted by Crippen LogP contribution is -2.48. The van der Waals surface area contributed by atoms with E-state index in [0.29, 0.717) is 5.70 Å². The highest BCUT2D eigenvalue weighted by atomic mass is 16.3. The third-order valence-corrected chi connectivity index (χ3v) is 6.49. The molecule has 0 radical (unpaired) electrons. The summed E-state index contributed by atoms with van der Waals surface area (Å²) in [5.41, 5.74) is 5.67. The summed E-state index contributed by atoms with van der Waals surface area (Å²) in [6.07, 6.45) is 5.24. The summed E-state index contributed by atoms with van der Waals surface area (Å²) in [6.45, 7) is 4.75. The molecule has 2 aromatic heterocycles. The van der Waals surface area contributed by atoms with Crippen molar-refractivity contribution in [2.45, 2.75) is 25.4 Å². The van der Waals surface area contributed by atoms with Crippen LogP contribution in [0.1, 0.15) is 35.0 Å². The van der Waals surface area contributed by atoms with E-state index in [9.17, 15) is 4.91 Å². The minimum absolute atomic E-state index is 0.0575. The van der Waals surface area contributed by atoms with Gasteiger partial charge in [0.15, 0.2) is 0 Å². The molecule has 162 valence electrons. The number of nitrogens with zero attached hydrogens (tertiary/aromatic N) is 5. The van der Waals surface area contributed by atoms with Crippen LogP contribution in [0.4, 0.5) is 0 Å². The molecule has 1 aliphatic heterocycles. The van der Waals surface area contributed by atoms with Crippen molar-refractivity contribution < 1.29 is 0 Å². The van der Waals surface area contributed by atoms with Crippen LogP contribution in [-0.4, -0.2) is 45.9 Å². The van der Waals surface area contributed by atoms with Gasteiger partial charge in [-0.15, -0.1) is 4.91 Å². The Bertz CT molecular complexity index is 1090. The lowest BCUT2D eigenvalue weighted by Gasteiger charge is -2.40. The Kier molecular flexibility index (Phi) is 6.14. The van der Waals surface area contributed by atoms with Gasteiger partial charge >= 0.3 is 0 Å². The van der Waals surface area contributed by atoms with Crippen LogP contribution in [0.15, 0.2) is 83.8 Å². The number of aromatic nitrogens is 2. The monoisotopic (exact) mass is 425 g/mol. The highest BCUT2D eigenvalue weighted by Crippen LogP contribution is 2.40. The first kappa shape index (κ1) is 20.7. The third-order valence-electron chi connectivity index (χ3n) is 6.49. The fourth-order valence-corrected chi connectivity index (χ4v) is 4.91. The van der Waals surface area contributed by atoms with Crippen LogP contribution in [0.3, 0.4) is 0 Å². The van der Waals surface area contributed by atoms with Crippen LogP contribution in [0.2, 0.25) is 0 Å². The van der Waals surface area contributed by atoms with Crippen molar-refractivity contribution >= 4 is 5.70 Å². The van der Waals surface area contributed by atoms with Gasteiger partial charge in [-0.05, 0) is 52.9 Å². The Morgan fingerprint density at radius 2 is 1.62 bits per heavy atom. The molecule has 0 bridgehead atoms. The number of benzene rings is 1. The van der Waals surface area contributed by atoms with E-state index in [2.05, 4.69) is 61.3 Å². The smallest absolute Gasteiger partial charge is 0.135 e. The molecule has 1 aromatic carbocycles. The highest BCUT2D eigenvalue weighted by molar-refractivity contribution is 5.70. The minimum atomic E-state index is -0.0575. The van der Waals surface area contributed by atoms with Crippen LogP contribution in [0.5, 0.6) is 0 Å². The summed E-state index contributed by atoms with van der Waals surface area (Å²) in [7, 11) is 0. The maximum atomic E-state index is 12.0. The molecule has 1 aliphatic carbocycles. The number of aryl methyl sites for hydroxylation is 1. The second kappa shape index (κ2) is 9.51. The zero-order valence-corrected chi connectivity index (χ0v) is 18.1. The normalized spacial score (nSPS) is 18.2. The molecule has 1 atom stereocenters. The zero-order valence-electron chi connectivity index (χ0n) is 18.1. The van der Waals surface area contributed by atoms with Crippen LogP contribution in [-0.2, 0) is 13.0 Å². The average Bonchev–Trinajstić information content (AvgIpc) is 2.86. The van der Waals surface area contributed by atoms with Gasteiger partial charge in [-0.3, -0.25) is 19.8 Å². The van der Waals surface area contributed by atoms with E-state index in [0.717, 1.165) is 68.1 Å². The van der Waals surface area contributed by atoms with E-state index in [4.69, 9.17) is 0 Å². The molecular weight excluding hydrogens is 398 g/mol. The second-order valence-corrected chi connectivity index (χ2v) is 8.43. The van der Waals surface area contributed by atoms with Crippen LogP contribution in [0.25, 0.3) is 5.70 Å². The number of pyridine rings is 2. The van der Waals surface area contributed by atoms with Crippen molar-refractivity contribution in [3.05, 3.63) is 106 Å². The molecule has 0 saturated carbocycles. The lowest BCUT2D eigenvalue weighted by atomic mass is 9.86. The third kappa shape index (κ3) is 4.24. The number of hydrogen-bond donors (Lipinski definition) is 0. The van der Waals surface area contributed by atoms with Gasteiger partial charge < -0.3 is 0 Å². The molecule has 32 heavy (non-hydrogen) atoms. The Morgan fingerprint density at radius 3 is 2.38 bits per heavy atom. The van der Waals surface area contributed by atoms with E-state index in [1.165, 1.54) is 5.56 Å². The first-order chi connectivity index (χ1) is 15.8. The molecule has 5 rings (SSSR count). The van der Waals surface area contributed by atoms with Gasteiger partial charge in [0, 0.05) is 45.1 Å². The van der Waals surface area contributed by atoms with Crippen molar-refractivity contribution in [3.8, 4) is 0 Å².